The first kappa shape index (κ1) is 11.3. The lowest BCUT2D eigenvalue weighted by atomic mass is 10.2. The van der Waals surface area contributed by atoms with Gasteiger partial charge in [0.2, 0.25) is 5.95 Å². The molecule has 0 aliphatic rings. The summed E-state index contributed by atoms with van der Waals surface area (Å²) in [6.07, 6.45) is 1.61. The second kappa shape index (κ2) is 5.27. The van der Waals surface area contributed by atoms with Crippen LogP contribution in [0, 0.1) is 0 Å². The van der Waals surface area contributed by atoms with Crippen molar-refractivity contribution >= 4 is 17.5 Å². The van der Waals surface area contributed by atoms with Gasteiger partial charge >= 0.3 is 0 Å². The van der Waals surface area contributed by atoms with Gasteiger partial charge in [0, 0.05) is 19.0 Å². The molecule has 1 aromatic carbocycles. The number of nitrogens with one attached hydrogen (secondary N) is 1. The Bertz CT molecular complexity index is 501. The van der Waals surface area contributed by atoms with Gasteiger partial charge in [0.05, 0.1) is 6.61 Å². The van der Waals surface area contributed by atoms with Gasteiger partial charge in [-0.15, -0.1) is 0 Å². The second-order valence-corrected chi connectivity index (χ2v) is 3.56. The molecule has 2 rings (SSSR count). The molecule has 1 heterocycles. The Hall–Kier alpha value is -2.14. The van der Waals surface area contributed by atoms with Crippen molar-refractivity contribution in [3.05, 3.63) is 42.1 Å². The van der Waals surface area contributed by atoms with E-state index in [4.69, 9.17) is 10.5 Å². The number of aromatic nitrogens is 2. The highest BCUT2D eigenvalue weighted by atomic mass is 16.5. The molecular weight excluding hydrogens is 216 g/mol. The average Bonchev–Trinajstić information content (AvgIpc) is 2.30. The van der Waals surface area contributed by atoms with Crippen molar-refractivity contribution in [1.82, 2.24) is 9.97 Å². The van der Waals surface area contributed by atoms with E-state index in [2.05, 4.69) is 15.3 Å². The lowest BCUT2D eigenvalue weighted by molar-refractivity contribution is 0.185. The Balaban J connectivity index is 2.15. The number of anilines is 3. The third-order valence-corrected chi connectivity index (χ3v) is 2.18. The van der Waals surface area contributed by atoms with Crippen LogP contribution >= 0.6 is 0 Å². The maximum atomic E-state index is 5.51. The van der Waals surface area contributed by atoms with Crippen molar-refractivity contribution in [2.24, 2.45) is 0 Å². The Morgan fingerprint density at radius 1 is 1.35 bits per heavy atom. The highest BCUT2D eigenvalue weighted by Gasteiger charge is 1.98. The number of hydrogen-bond donors (Lipinski definition) is 2. The average molecular weight is 230 g/mol. The fraction of sp³-hybridized carbons (Fsp3) is 0.167. The van der Waals surface area contributed by atoms with Crippen LogP contribution in [0.2, 0.25) is 0 Å². The van der Waals surface area contributed by atoms with E-state index >= 15 is 0 Å². The van der Waals surface area contributed by atoms with Gasteiger partial charge in [0.15, 0.2) is 0 Å². The number of benzene rings is 1. The fourth-order valence-corrected chi connectivity index (χ4v) is 1.50. The first-order valence-electron chi connectivity index (χ1n) is 5.21. The summed E-state index contributed by atoms with van der Waals surface area (Å²) in [5.41, 5.74) is 7.55. The standard InChI is InChI=1S/C12H14N4O/c1-17-8-9-3-2-4-10(7-9)15-11-5-6-14-12(13)16-11/h2-7H,8H2,1H3,(H3,13,14,15,16). The normalized spacial score (nSPS) is 10.2. The molecule has 3 N–H and O–H groups in total. The number of nitrogens with zero attached hydrogens (tertiary/aromatic N) is 2. The molecule has 0 bridgehead atoms. The summed E-state index contributed by atoms with van der Waals surface area (Å²) in [4.78, 5) is 7.90. The van der Waals surface area contributed by atoms with E-state index in [1.807, 2.05) is 24.3 Å². The minimum atomic E-state index is 0.253. The van der Waals surface area contributed by atoms with Crippen LogP contribution in [-0.2, 0) is 11.3 Å². The molecule has 1 aromatic heterocycles. The van der Waals surface area contributed by atoms with E-state index in [-0.39, 0.29) is 5.95 Å². The molecule has 0 unspecified atom stereocenters. The van der Waals surface area contributed by atoms with Crippen LogP contribution in [0.4, 0.5) is 17.5 Å². The molecule has 0 spiro atoms. The minimum Gasteiger partial charge on any atom is -0.380 e. The Kier molecular flexibility index (Phi) is 3.52. The van der Waals surface area contributed by atoms with Crippen LogP contribution in [0.1, 0.15) is 5.56 Å². The molecule has 5 nitrogen and oxygen atoms in total. The van der Waals surface area contributed by atoms with E-state index in [0.717, 1.165) is 11.3 Å². The lowest BCUT2D eigenvalue weighted by Crippen LogP contribution is -1.99. The molecule has 0 saturated heterocycles. The summed E-state index contributed by atoms with van der Waals surface area (Å²) in [5.74, 6) is 0.926. The minimum absolute atomic E-state index is 0.253. The van der Waals surface area contributed by atoms with Gasteiger partial charge in [-0.3, -0.25) is 0 Å². The molecule has 2 aromatic rings. The van der Waals surface area contributed by atoms with E-state index < -0.39 is 0 Å². The summed E-state index contributed by atoms with van der Waals surface area (Å²) in [5, 5.41) is 3.16. The Morgan fingerprint density at radius 2 is 2.24 bits per heavy atom. The zero-order valence-electron chi connectivity index (χ0n) is 9.55. The molecule has 0 atom stereocenters. The van der Waals surface area contributed by atoms with Gasteiger partial charge in [0.1, 0.15) is 5.82 Å². The van der Waals surface area contributed by atoms with Gasteiger partial charge in [-0.05, 0) is 23.8 Å². The lowest BCUT2D eigenvalue weighted by Gasteiger charge is -2.07. The molecule has 0 saturated carbocycles. The van der Waals surface area contributed by atoms with Crippen molar-refractivity contribution in [1.29, 1.82) is 0 Å². The third-order valence-electron chi connectivity index (χ3n) is 2.18. The van der Waals surface area contributed by atoms with Crippen LogP contribution in [0.3, 0.4) is 0 Å². The molecule has 0 amide bonds. The summed E-state index contributed by atoms with van der Waals surface area (Å²) >= 11 is 0. The fourth-order valence-electron chi connectivity index (χ4n) is 1.50. The first-order chi connectivity index (χ1) is 8.28. The zero-order chi connectivity index (χ0) is 12.1. The maximum Gasteiger partial charge on any atom is 0.221 e. The van der Waals surface area contributed by atoms with Gasteiger partial charge in [0.25, 0.3) is 0 Å². The molecular formula is C12H14N4O. The second-order valence-electron chi connectivity index (χ2n) is 3.56. The van der Waals surface area contributed by atoms with Gasteiger partial charge in [-0.25, -0.2) is 4.98 Å². The highest BCUT2D eigenvalue weighted by molar-refractivity contribution is 5.57. The molecule has 0 aliphatic carbocycles. The first-order valence-corrected chi connectivity index (χ1v) is 5.21. The summed E-state index contributed by atoms with van der Waals surface area (Å²) < 4.78 is 5.08. The maximum absolute atomic E-state index is 5.51. The predicted octanol–water partition coefficient (Wildman–Crippen LogP) is 1.95. The zero-order valence-corrected chi connectivity index (χ0v) is 9.55. The van der Waals surface area contributed by atoms with Crippen molar-refractivity contribution in [3.8, 4) is 0 Å². The van der Waals surface area contributed by atoms with Crippen molar-refractivity contribution in [2.45, 2.75) is 6.61 Å². The van der Waals surface area contributed by atoms with E-state index in [1.165, 1.54) is 0 Å². The molecule has 88 valence electrons. The van der Waals surface area contributed by atoms with Crippen molar-refractivity contribution in [3.63, 3.8) is 0 Å². The number of hydrogen-bond acceptors (Lipinski definition) is 5. The smallest absolute Gasteiger partial charge is 0.221 e. The Labute approximate surface area is 99.7 Å². The van der Waals surface area contributed by atoms with Crippen molar-refractivity contribution < 1.29 is 4.74 Å². The van der Waals surface area contributed by atoms with Crippen LogP contribution in [0.25, 0.3) is 0 Å². The summed E-state index contributed by atoms with van der Waals surface area (Å²) in [7, 11) is 1.67. The predicted molar refractivity (Wildman–Crippen MR) is 66.9 cm³/mol. The van der Waals surface area contributed by atoms with E-state index in [9.17, 15) is 0 Å². The van der Waals surface area contributed by atoms with Crippen LogP contribution in [0.5, 0.6) is 0 Å². The number of methoxy groups -OCH3 is 1. The number of ether oxygens (including phenoxy) is 1. The van der Waals surface area contributed by atoms with Gasteiger partial charge in [-0.1, -0.05) is 12.1 Å². The van der Waals surface area contributed by atoms with Gasteiger partial charge in [-0.2, -0.15) is 4.98 Å². The SMILES string of the molecule is COCc1cccc(Nc2ccnc(N)n2)c1. The highest BCUT2D eigenvalue weighted by Crippen LogP contribution is 2.16. The topological polar surface area (TPSA) is 73.1 Å². The van der Waals surface area contributed by atoms with Crippen LogP contribution in [-0.4, -0.2) is 17.1 Å². The largest absolute Gasteiger partial charge is 0.380 e. The van der Waals surface area contributed by atoms with Crippen LogP contribution < -0.4 is 11.1 Å². The molecule has 0 aliphatic heterocycles. The number of nitrogen functional groups attached to an aromatic ring is 1. The monoisotopic (exact) mass is 230 g/mol. The van der Waals surface area contributed by atoms with E-state index in [0.29, 0.717) is 12.4 Å². The number of rotatable bonds is 4. The summed E-state index contributed by atoms with van der Waals surface area (Å²) in [6.45, 7) is 0.585. The van der Waals surface area contributed by atoms with Crippen LogP contribution in [0.15, 0.2) is 36.5 Å². The summed E-state index contributed by atoms with van der Waals surface area (Å²) in [6, 6.07) is 9.68. The molecule has 0 radical (unpaired) electrons. The van der Waals surface area contributed by atoms with Crippen molar-refractivity contribution in [2.75, 3.05) is 18.2 Å². The quantitative estimate of drug-likeness (QED) is 0.839. The van der Waals surface area contributed by atoms with E-state index in [1.54, 1.807) is 19.4 Å². The van der Waals surface area contributed by atoms with Gasteiger partial charge < -0.3 is 15.8 Å². The molecule has 17 heavy (non-hydrogen) atoms. The third kappa shape index (κ3) is 3.15. The Morgan fingerprint density at radius 3 is 3.00 bits per heavy atom. The molecule has 0 fully saturated rings. The number of nitrogens with two attached hydrogens (primary N) is 1. The molecule has 5 heteroatoms.